The van der Waals surface area contributed by atoms with Crippen molar-refractivity contribution >= 4 is 11.9 Å². The fourth-order valence-corrected chi connectivity index (χ4v) is 2.05. The summed E-state index contributed by atoms with van der Waals surface area (Å²) >= 11 is 0. The van der Waals surface area contributed by atoms with E-state index < -0.39 is 11.5 Å². The topological polar surface area (TPSA) is 79.3 Å². The first-order valence-electron chi connectivity index (χ1n) is 6.88. The van der Waals surface area contributed by atoms with Crippen molar-refractivity contribution in [3.05, 3.63) is 29.6 Å². The van der Waals surface area contributed by atoms with Gasteiger partial charge >= 0.3 is 5.97 Å². The Balaban J connectivity index is 1.94. The molecule has 1 fully saturated rings. The minimum Gasteiger partial charge on any atom is -0.481 e. The number of aromatic nitrogens is 1. The third-order valence-corrected chi connectivity index (χ3v) is 3.48. The highest BCUT2D eigenvalue weighted by atomic mass is 16.4. The summed E-state index contributed by atoms with van der Waals surface area (Å²) in [6, 6.07) is 3.68. The maximum atomic E-state index is 12.1. The van der Waals surface area contributed by atoms with Gasteiger partial charge in [0.05, 0.1) is 0 Å². The SMILES string of the molecule is CC(C)(CCC(=O)O)NC(=O)c1ccc(C2CC2)cn1. The van der Waals surface area contributed by atoms with Crippen molar-refractivity contribution in [2.24, 2.45) is 0 Å². The van der Waals surface area contributed by atoms with E-state index in [1.807, 2.05) is 19.9 Å². The maximum absolute atomic E-state index is 12.1. The highest BCUT2D eigenvalue weighted by Crippen LogP contribution is 2.39. The average molecular weight is 276 g/mol. The number of carboxylic acids is 1. The second-order valence-corrected chi connectivity index (χ2v) is 5.98. The monoisotopic (exact) mass is 276 g/mol. The molecular weight excluding hydrogens is 256 g/mol. The molecule has 5 heteroatoms. The number of carbonyl (C=O) groups is 2. The quantitative estimate of drug-likeness (QED) is 0.835. The van der Waals surface area contributed by atoms with Gasteiger partial charge in [-0.3, -0.25) is 14.6 Å². The molecule has 108 valence electrons. The number of nitrogens with zero attached hydrogens (tertiary/aromatic N) is 1. The van der Waals surface area contributed by atoms with Crippen LogP contribution in [0.4, 0.5) is 0 Å². The number of nitrogens with one attached hydrogen (secondary N) is 1. The molecule has 1 amide bonds. The number of pyridine rings is 1. The Morgan fingerprint density at radius 3 is 2.60 bits per heavy atom. The number of hydrogen-bond acceptors (Lipinski definition) is 3. The van der Waals surface area contributed by atoms with E-state index in [1.54, 1.807) is 12.3 Å². The van der Waals surface area contributed by atoms with Gasteiger partial charge in [0.2, 0.25) is 0 Å². The zero-order valence-corrected chi connectivity index (χ0v) is 11.8. The molecule has 20 heavy (non-hydrogen) atoms. The van der Waals surface area contributed by atoms with Crippen LogP contribution in [0.2, 0.25) is 0 Å². The van der Waals surface area contributed by atoms with E-state index in [-0.39, 0.29) is 12.3 Å². The van der Waals surface area contributed by atoms with Crippen molar-refractivity contribution < 1.29 is 14.7 Å². The normalized spacial score (nSPS) is 14.9. The van der Waals surface area contributed by atoms with Gasteiger partial charge in [-0.2, -0.15) is 0 Å². The lowest BCUT2D eigenvalue weighted by Crippen LogP contribution is -2.44. The summed E-state index contributed by atoms with van der Waals surface area (Å²) in [5, 5.41) is 11.5. The van der Waals surface area contributed by atoms with Gasteiger partial charge in [-0.05, 0) is 50.7 Å². The Morgan fingerprint density at radius 2 is 2.10 bits per heavy atom. The molecule has 1 saturated carbocycles. The number of carbonyl (C=O) groups excluding carboxylic acids is 1. The molecule has 0 radical (unpaired) electrons. The van der Waals surface area contributed by atoms with Crippen LogP contribution in [-0.2, 0) is 4.79 Å². The Bertz CT molecular complexity index is 504. The van der Waals surface area contributed by atoms with Crippen LogP contribution in [0.25, 0.3) is 0 Å². The lowest BCUT2D eigenvalue weighted by atomic mass is 9.98. The first-order chi connectivity index (χ1) is 9.37. The summed E-state index contributed by atoms with van der Waals surface area (Å²) in [5.74, 6) is -0.506. The lowest BCUT2D eigenvalue weighted by Gasteiger charge is -2.25. The number of carboxylic acid groups (broad SMARTS) is 1. The van der Waals surface area contributed by atoms with E-state index in [4.69, 9.17) is 5.11 Å². The van der Waals surface area contributed by atoms with E-state index in [2.05, 4.69) is 10.3 Å². The molecule has 0 unspecified atom stereocenters. The van der Waals surface area contributed by atoms with Gasteiger partial charge in [0.1, 0.15) is 5.69 Å². The predicted molar refractivity (Wildman–Crippen MR) is 74.6 cm³/mol. The van der Waals surface area contributed by atoms with Crippen LogP contribution in [0.3, 0.4) is 0 Å². The minimum absolute atomic E-state index is 0.0291. The van der Waals surface area contributed by atoms with Gasteiger partial charge in [0.15, 0.2) is 0 Å². The van der Waals surface area contributed by atoms with Crippen molar-refractivity contribution in [2.75, 3.05) is 0 Å². The lowest BCUT2D eigenvalue weighted by molar-refractivity contribution is -0.137. The van der Waals surface area contributed by atoms with Crippen molar-refractivity contribution in [1.82, 2.24) is 10.3 Å². The molecule has 2 rings (SSSR count). The predicted octanol–water partition coefficient (Wildman–Crippen LogP) is 2.33. The highest BCUT2D eigenvalue weighted by molar-refractivity contribution is 5.92. The second-order valence-electron chi connectivity index (χ2n) is 5.98. The van der Waals surface area contributed by atoms with Crippen molar-refractivity contribution in [2.45, 2.75) is 51.0 Å². The Kier molecular flexibility index (Phi) is 4.06. The van der Waals surface area contributed by atoms with E-state index in [0.29, 0.717) is 18.0 Å². The summed E-state index contributed by atoms with van der Waals surface area (Å²) in [7, 11) is 0. The Hall–Kier alpha value is -1.91. The zero-order chi connectivity index (χ0) is 14.8. The molecule has 0 aliphatic heterocycles. The largest absolute Gasteiger partial charge is 0.481 e. The molecule has 0 spiro atoms. The summed E-state index contributed by atoms with van der Waals surface area (Å²) in [6.07, 6.45) is 4.58. The summed E-state index contributed by atoms with van der Waals surface area (Å²) in [6.45, 7) is 3.62. The summed E-state index contributed by atoms with van der Waals surface area (Å²) < 4.78 is 0. The first-order valence-corrected chi connectivity index (χ1v) is 6.88. The average Bonchev–Trinajstić information content (AvgIpc) is 3.20. The van der Waals surface area contributed by atoms with Crippen molar-refractivity contribution in [3.63, 3.8) is 0 Å². The van der Waals surface area contributed by atoms with Gasteiger partial charge in [-0.25, -0.2) is 0 Å². The molecule has 0 bridgehead atoms. The standard InChI is InChI=1S/C15H20N2O3/c1-15(2,8-7-13(18)19)17-14(20)12-6-5-11(9-16-12)10-3-4-10/h5-6,9-10H,3-4,7-8H2,1-2H3,(H,17,20)(H,18,19). The molecule has 1 aliphatic carbocycles. The molecule has 0 saturated heterocycles. The maximum Gasteiger partial charge on any atom is 0.303 e. The third kappa shape index (κ3) is 4.05. The van der Waals surface area contributed by atoms with Crippen LogP contribution >= 0.6 is 0 Å². The molecular formula is C15H20N2O3. The molecule has 0 aromatic carbocycles. The van der Waals surface area contributed by atoms with Crippen molar-refractivity contribution in [1.29, 1.82) is 0 Å². The molecule has 5 nitrogen and oxygen atoms in total. The molecule has 0 atom stereocenters. The van der Waals surface area contributed by atoms with Crippen LogP contribution in [0.5, 0.6) is 0 Å². The molecule has 1 aromatic heterocycles. The van der Waals surface area contributed by atoms with Gasteiger partial charge < -0.3 is 10.4 Å². The second kappa shape index (κ2) is 5.61. The van der Waals surface area contributed by atoms with Gasteiger partial charge in [0.25, 0.3) is 5.91 Å². The Morgan fingerprint density at radius 1 is 1.40 bits per heavy atom. The fraction of sp³-hybridized carbons (Fsp3) is 0.533. The Labute approximate surface area is 118 Å². The van der Waals surface area contributed by atoms with Crippen LogP contribution in [0.1, 0.15) is 61.5 Å². The van der Waals surface area contributed by atoms with E-state index in [1.165, 1.54) is 18.4 Å². The van der Waals surface area contributed by atoms with Gasteiger partial charge in [-0.1, -0.05) is 6.07 Å². The van der Waals surface area contributed by atoms with Crippen LogP contribution in [0, 0.1) is 0 Å². The van der Waals surface area contributed by atoms with E-state index in [9.17, 15) is 9.59 Å². The number of aliphatic carboxylic acids is 1. The van der Waals surface area contributed by atoms with Gasteiger partial charge in [-0.15, -0.1) is 0 Å². The number of hydrogen-bond donors (Lipinski definition) is 2. The number of rotatable bonds is 6. The zero-order valence-electron chi connectivity index (χ0n) is 11.8. The van der Waals surface area contributed by atoms with Crippen LogP contribution in [0.15, 0.2) is 18.3 Å². The molecule has 1 aromatic rings. The molecule has 2 N–H and O–H groups in total. The smallest absolute Gasteiger partial charge is 0.303 e. The van der Waals surface area contributed by atoms with E-state index >= 15 is 0 Å². The first kappa shape index (κ1) is 14.5. The molecule has 1 aliphatic rings. The third-order valence-electron chi connectivity index (χ3n) is 3.48. The van der Waals surface area contributed by atoms with Gasteiger partial charge in [0, 0.05) is 18.2 Å². The summed E-state index contributed by atoms with van der Waals surface area (Å²) in [4.78, 5) is 26.9. The number of amides is 1. The molecule has 1 heterocycles. The highest BCUT2D eigenvalue weighted by Gasteiger charge is 2.25. The van der Waals surface area contributed by atoms with Crippen LogP contribution < -0.4 is 5.32 Å². The van der Waals surface area contributed by atoms with Crippen LogP contribution in [-0.4, -0.2) is 27.5 Å². The van der Waals surface area contributed by atoms with Crippen molar-refractivity contribution in [3.8, 4) is 0 Å². The fourth-order valence-electron chi connectivity index (χ4n) is 2.05. The minimum atomic E-state index is -0.862. The van der Waals surface area contributed by atoms with E-state index in [0.717, 1.165) is 0 Å². The summed E-state index contributed by atoms with van der Waals surface area (Å²) in [5.41, 5.74) is 0.997.